The minimum absolute atomic E-state index is 0.00868. The Hall–Kier alpha value is -1.36. The van der Waals surface area contributed by atoms with Gasteiger partial charge in [0, 0.05) is 17.6 Å². The Morgan fingerprint density at radius 3 is 2.78 bits per heavy atom. The first-order valence-corrected chi connectivity index (χ1v) is 6.73. The molecule has 1 saturated heterocycles. The van der Waals surface area contributed by atoms with Crippen molar-refractivity contribution in [3.63, 3.8) is 0 Å². The van der Waals surface area contributed by atoms with E-state index < -0.39 is 0 Å². The number of hydrogen-bond donors (Lipinski definition) is 1. The van der Waals surface area contributed by atoms with E-state index in [1.165, 1.54) is 0 Å². The summed E-state index contributed by atoms with van der Waals surface area (Å²) < 4.78 is 0.993. The van der Waals surface area contributed by atoms with Crippen LogP contribution in [0.5, 0.6) is 0 Å². The van der Waals surface area contributed by atoms with Crippen LogP contribution in [-0.2, 0) is 16.0 Å². The molecule has 2 rings (SSSR count). The second-order valence-electron chi connectivity index (χ2n) is 4.32. The summed E-state index contributed by atoms with van der Waals surface area (Å²) in [5.41, 5.74) is 0.966. The van der Waals surface area contributed by atoms with Crippen molar-refractivity contribution >= 4 is 27.7 Å². The van der Waals surface area contributed by atoms with Crippen LogP contribution in [0.1, 0.15) is 12.0 Å². The standard InChI is InChI=1S/C13H15BrN2O2/c14-11-4-2-10(3-5-11)8-13(18)16-7-1-6-15-12(17)9-16/h2-5H,1,6-9H2,(H,15,17). The molecule has 1 heterocycles. The molecule has 1 aromatic carbocycles. The molecular weight excluding hydrogens is 296 g/mol. The van der Waals surface area contributed by atoms with Gasteiger partial charge in [-0.3, -0.25) is 9.59 Å². The van der Waals surface area contributed by atoms with E-state index >= 15 is 0 Å². The molecule has 0 radical (unpaired) electrons. The lowest BCUT2D eigenvalue weighted by molar-refractivity contribution is -0.134. The van der Waals surface area contributed by atoms with E-state index in [2.05, 4.69) is 21.2 Å². The first-order valence-electron chi connectivity index (χ1n) is 5.94. The number of nitrogens with one attached hydrogen (secondary N) is 1. The number of carbonyl (C=O) groups is 2. The number of hydrogen-bond acceptors (Lipinski definition) is 2. The number of benzene rings is 1. The maximum atomic E-state index is 12.1. The van der Waals surface area contributed by atoms with Gasteiger partial charge in [-0.05, 0) is 24.1 Å². The lowest BCUT2D eigenvalue weighted by Crippen LogP contribution is -2.38. The molecule has 1 aliphatic heterocycles. The molecule has 0 saturated carbocycles. The predicted octanol–water partition coefficient (Wildman–Crippen LogP) is 1.34. The fourth-order valence-electron chi connectivity index (χ4n) is 1.91. The molecule has 0 aromatic heterocycles. The van der Waals surface area contributed by atoms with Crippen molar-refractivity contribution in [2.24, 2.45) is 0 Å². The summed E-state index contributed by atoms with van der Waals surface area (Å²) in [6.07, 6.45) is 1.17. The van der Waals surface area contributed by atoms with Crippen molar-refractivity contribution in [1.29, 1.82) is 0 Å². The Bertz CT molecular complexity index is 445. The highest BCUT2D eigenvalue weighted by molar-refractivity contribution is 9.10. The van der Waals surface area contributed by atoms with Crippen molar-refractivity contribution in [1.82, 2.24) is 10.2 Å². The van der Waals surface area contributed by atoms with Gasteiger partial charge in [-0.25, -0.2) is 0 Å². The number of amides is 2. The first-order chi connectivity index (χ1) is 8.65. The van der Waals surface area contributed by atoms with Crippen LogP contribution in [-0.4, -0.2) is 36.3 Å². The summed E-state index contributed by atoms with van der Waals surface area (Å²) in [6.45, 7) is 1.48. The summed E-state index contributed by atoms with van der Waals surface area (Å²) in [5, 5.41) is 2.76. The topological polar surface area (TPSA) is 49.4 Å². The van der Waals surface area contributed by atoms with Crippen molar-refractivity contribution in [3.05, 3.63) is 34.3 Å². The van der Waals surface area contributed by atoms with Gasteiger partial charge in [0.1, 0.15) is 0 Å². The maximum Gasteiger partial charge on any atom is 0.239 e. The first kappa shape index (κ1) is 13.1. The monoisotopic (exact) mass is 310 g/mol. The molecule has 1 aliphatic rings. The molecule has 96 valence electrons. The molecule has 1 fully saturated rings. The molecule has 0 spiro atoms. The van der Waals surface area contributed by atoms with Gasteiger partial charge in [0.15, 0.2) is 0 Å². The molecule has 1 N–H and O–H groups in total. The SMILES string of the molecule is O=C1CN(C(=O)Cc2ccc(Br)cc2)CCCN1. The summed E-state index contributed by atoms with van der Waals surface area (Å²) in [5.74, 6) is -0.0639. The van der Waals surface area contributed by atoms with E-state index in [1.54, 1.807) is 4.90 Å². The molecule has 18 heavy (non-hydrogen) atoms. The summed E-state index contributed by atoms with van der Waals surface area (Å²) in [7, 11) is 0. The Kier molecular flexibility index (Phi) is 4.36. The van der Waals surface area contributed by atoms with E-state index in [9.17, 15) is 9.59 Å². The smallest absolute Gasteiger partial charge is 0.239 e. The maximum absolute atomic E-state index is 12.1. The highest BCUT2D eigenvalue weighted by atomic mass is 79.9. The van der Waals surface area contributed by atoms with Gasteiger partial charge < -0.3 is 10.2 Å². The Labute approximate surface area is 114 Å². The lowest BCUT2D eigenvalue weighted by atomic mass is 10.1. The third kappa shape index (κ3) is 3.57. The second kappa shape index (κ2) is 6.00. The van der Waals surface area contributed by atoms with Crippen LogP contribution in [0.15, 0.2) is 28.7 Å². The molecule has 4 nitrogen and oxygen atoms in total. The zero-order valence-corrected chi connectivity index (χ0v) is 11.6. The summed E-state index contributed by atoms with van der Waals surface area (Å²) in [4.78, 5) is 25.1. The van der Waals surface area contributed by atoms with Crippen LogP contribution >= 0.6 is 15.9 Å². The van der Waals surface area contributed by atoms with Crippen molar-refractivity contribution in [2.45, 2.75) is 12.8 Å². The third-order valence-corrected chi connectivity index (χ3v) is 3.41. The van der Waals surface area contributed by atoms with Crippen molar-refractivity contribution in [2.75, 3.05) is 19.6 Å². The quantitative estimate of drug-likeness (QED) is 0.896. The third-order valence-electron chi connectivity index (χ3n) is 2.88. The molecule has 2 amide bonds. The average molecular weight is 311 g/mol. The van der Waals surface area contributed by atoms with Gasteiger partial charge in [0.2, 0.25) is 11.8 Å². The summed E-state index contributed by atoms with van der Waals surface area (Å²) in [6, 6.07) is 7.66. The Balaban J connectivity index is 1.98. The molecule has 0 unspecified atom stereocenters. The van der Waals surface area contributed by atoms with Crippen LogP contribution < -0.4 is 5.32 Å². The van der Waals surface area contributed by atoms with Crippen molar-refractivity contribution in [3.8, 4) is 0 Å². The number of nitrogens with zero attached hydrogens (tertiary/aromatic N) is 1. The zero-order chi connectivity index (χ0) is 13.0. The minimum Gasteiger partial charge on any atom is -0.354 e. The van der Waals surface area contributed by atoms with Crippen LogP contribution in [0.3, 0.4) is 0 Å². The fourth-order valence-corrected chi connectivity index (χ4v) is 2.17. The molecule has 0 bridgehead atoms. The molecular formula is C13H15BrN2O2. The van der Waals surface area contributed by atoms with Crippen LogP contribution in [0.2, 0.25) is 0 Å². The molecule has 5 heteroatoms. The van der Waals surface area contributed by atoms with Crippen molar-refractivity contribution < 1.29 is 9.59 Å². The Morgan fingerprint density at radius 1 is 1.33 bits per heavy atom. The second-order valence-corrected chi connectivity index (χ2v) is 5.24. The van der Waals surface area contributed by atoms with Crippen LogP contribution in [0, 0.1) is 0 Å². The van der Waals surface area contributed by atoms with E-state index in [0.717, 1.165) is 16.5 Å². The lowest BCUT2D eigenvalue weighted by Gasteiger charge is -2.18. The van der Waals surface area contributed by atoms with Crippen LogP contribution in [0.4, 0.5) is 0 Å². The fraction of sp³-hybridized carbons (Fsp3) is 0.385. The van der Waals surface area contributed by atoms with E-state index in [0.29, 0.717) is 19.5 Å². The normalized spacial score (nSPS) is 16.1. The van der Waals surface area contributed by atoms with Crippen LogP contribution in [0.25, 0.3) is 0 Å². The predicted molar refractivity (Wildman–Crippen MR) is 72.1 cm³/mol. The van der Waals surface area contributed by atoms with Gasteiger partial charge in [0.25, 0.3) is 0 Å². The highest BCUT2D eigenvalue weighted by Gasteiger charge is 2.19. The van der Waals surface area contributed by atoms with Gasteiger partial charge in [-0.15, -0.1) is 0 Å². The van der Waals surface area contributed by atoms with E-state index in [1.807, 2.05) is 24.3 Å². The minimum atomic E-state index is -0.0725. The number of halogens is 1. The highest BCUT2D eigenvalue weighted by Crippen LogP contribution is 2.12. The molecule has 1 aromatic rings. The molecule has 0 atom stereocenters. The van der Waals surface area contributed by atoms with Gasteiger partial charge in [-0.2, -0.15) is 0 Å². The average Bonchev–Trinajstić information content (AvgIpc) is 2.57. The molecule has 0 aliphatic carbocycles. The number of rotatable bonds is 2. The zero-order valence-electron chi connectivity index (χ0n) is 9.99. The van der Waals surface area contributed by atoms with Gasteiger partial charge >= 0.3 is 0 Å². The van der Waals surface area contributed by atoms with Gasteiger partial charge in [0.05, 0.1) is 13.0 Å². The Morgan fingerprint density at radius 2 is 2.06 bits per heavy atom. The van der Waals surface area contributed by atoms with Gasteiger partial charge in [-0.1, -0.05) is 28.1 Å². The largest absolute Gasteiger partial charge is 0.354 e. The summed E-state index contributed by atoms with van der Waals surface area (Å²) >= 11 is 3.36. The van der Waals surface area contributed by atoms with E-state index in [-0.39, 0.29) is 18.4 Å². The number of carbonyl (C=O) groups excluding carboxylic acids is 2. The van der Waals surface area contributed by atoms with E-state index in [4.69, 9.17) is 0 Å².